The van der Waals surface area contributed by atoms with Gasteiger partial charge in [0.2, 0.25) is 5.95 Å². The Hall–Kier alpha value is -2.28. The number of carbonyl (C=O) groups excluding carboxylic acids is 1. The van der Waals surface area contributed by atoms with Crippen LogP contribution in [0.5, 0.6) is 0 Å². The molecule has 3 rings (SSSR count). The summed E-state index contributed by atoms with van der Waals surface area (Å²) in [5.41, 5.74) is 0. The summed E-state index contributed by atoms with van der Waals surface area (Å²) in [6, 6.07) is 6.15. The van der Waals surface area contributed by atoms with Gasteiger partial charge in [-0.3, -0.25) is 15.2 Å². The number of thiophene rings is 1. The van der Waals surface area contributed by atoms with Crippen LogP contribution in [0.1, 0.15) is 15.5 Å². The van der Waals surface area contributed by atoms with Gasteiger partial charge < -0.3 is 0 Å². The smallest absolute Gasteiger partial charge is 0.268 e. The molecule has 96 valence electrons. The zero-order valence-corrected chi connectivity index (χ0v) is 10.7. The van der Waals surface area contributed by atoms with E-state index in [1.807, 2.05) is 0 Å². The number of anilines is 1. The van der Waals surface area contributed by atoms with E-state index in [0.29, 0.717) is 10.7 Å². The van der Waals surface area contributed by atoms with Crippen molar-refractivity contribution in [1.82, 2.24) is 15.2 Å². The molecule has 1 aromatic carbocycles. The van der Waals surface area contributed by atoms with E-state index in [4.69, 9.17) is 0 Å². The van der Waals surface area contributed by atoms with Crippen LogP contribution in [-0.4, -0.2) is 21.1 Å². The summed E-state index contributed by atoms with van der Waals surface area (Å²) in [6.45, 7) is 1.74. The Morgan fingerprint density at radius 3 is 3.00 bits per heavy atom. The lowest BCUT2D eigenvalue weighted by Crippen LogP contribution is -2.11. The van der Waals surface area contributed by atoms with Gasteiger partial charge in [0.05, 0.1) is 4.88 Å². The Morgan fingerprint density at radius 1 is 1.42 bits per heavy atom. The maximum atomic E-state index is 13.1. The van der Waals surface area contributed by atoms with E-state index in [1.54, 1.807) is 19.1 Å². The first-order valence-electron chi connectivity index (χ1n) is 5.51. The highest BCUT2D eigenvalue weighted by atomic mass is 32.1. The van der Waals surface area contributed by atoms with Crippen LogP contribution in [0.25, 0.3) is 10.1 Å². The van der Waals surface area contributed by atoms with Crippen LogP contribution in [0.2, 0.25) is 0 Å². The predicted molar refractivity (Wildman–Crippen MR) is 70.9 cm³/mol. The van der Waals surface area contributed by atoms with Crippen molar-refractivity contribution in [3.05, 3.63) is 40.8 Å². The van der Waals surface area contributed by atoms with E-state index in [-0.39, 0.29) is 17.7 Å². The quantitative estimate of drug-likeness (QED) is 0.756. The van der Waals surface area contributed by atoms with Gasteiger partial charge in [-0.1, -0.05) is 6.07 Å². The Bertz CT molecular complexity index is 764. The highest BCUT2D eigenvalue weighted by Crippen LogP contribution is 2.26. The summed E-state index contributed by atoms with van der Waals surface area (Å²) >= 11 is 1.23. The summed E-state index contributed by atoms with van der Waals surface area (Å²) in [6.07, 6.45) is 0. The van der Waals surface area contributed by atoms with Crippen molar-refractivity contribution in [1.29, 1.82) is 0 Å². The molecule has 0 fully saturated rings. The third-order valence-electron chi connectivity index (χ3n) is 2.53. The SMILES string of the molecule is Cc1nc(NC(=O)c2cc3ccc(F)cc3s2)n[nH]1. The molecule has 1 amide bonds. The number of nitrogens with one attached hydrogen (secondary N) is 2. The van der Waals surface area contributed by atoms with Crippen molar-refractivity contribution >= 4 is 33.3 Å². The average molecular weight is 276 g/mol. The maximum absolute atomic E-state index is 13.1. The number of H-pyrrole nitrogens is 1. The Labute approximate surface area is 111 Å². The number of aromatic nitrogens is 3. The van der Waals surface area contributed by atoms with Crippen LogP contribution in [0.4, 0.5) is 10.3 Å². The number of hydrogen-bond donors (Lipinski definition) is 2. The van der Waals surface area contributed by atoms with E-state index in [2.05, 4.69) is 20.5 Å². The molecular weight excluding hydrogens is 267 g/mol. The molecule has 2 heterocycles. The van der Waals surface area contributed by atoms with Gasteiger partial charge in [-0.05, 0) is 30.5 Å². The highest BCUT2D eigenvalue weighted by molar-refractivity contribution is 7.20. The largest absolute Gasteiger partial charge is 0.288 e. The van der Waals surface area contributed by atoms with Gasteiger partial charge in [0.15, 0.2) is 0 Å². The first-order valence-corrected chi connectivity index (χ1v) is 6.33. The number of aromatic amines is 1. The van der Waals surface area contributed by atoms with Crippen LogP contribution in [0, 0.1) is 12.7 Å². The molecule has 7 heteroatoms. The fraction of sp³-hybridized carbons (Fsp3) is 0.0833. The van der Waals surface area contributed by atoms with Crippen LogP contribution in [-0.2, 0) is 0 Å². The highest BCUT2D eigenvalue weighted by Gasteiger charge is 2.12. The fourth-order valence-corrected chi connectivity index (χ4v) is 2.66. The fourth-order valence-electron chi connectivity index (χ4n) is 1.68. The van der Waals surface area contributed by atoms with Crippen LogP contribution < -0.4 is 5.32 Å². The zero-order chi connectivity index (χ0) is 13.4. The van der Waals surface area contributed by atoms with E-state index in [9.17, 15) is 9.18 Å². The molecule has 0 aliphatic rings. The van der Waals surface area contributed by atoms with Gasteiger partial charge in [0.25, 0.3) is 5.91 Å². The molecule has 0 atom stereocenters. The van der Waals surface area contributed by atoms with Gasteiger partial charge in [-0.15, -0.1) is 16.4 Å². The van der Waals surface area contributed by atoms with Crippen molar-refractivity contribution < 1.29 is 9.18 Å². The van der Waals surface area contributed by atoms with Crippen molar-refractivity contribution in [2.75, 3.05) is 5.32 Å². The first kappa shape index (κ1) is 11.8. The van der Waals surface area contributed by atoms with Gasteiger partial charge in [-0.25, -0.2) is 4.39 Å². The van der Waals surface area contributed by atoms with Gasteiger partial charge in [0, 0.05) is 4.70 Å². The summed E-state index contributed by atoms with van der Waals surface area (Å²) in [5.74, 6) is 0.228. The molecule has 2 N–H and O–H groups in total. The lowest BCUT2D eigenvalue weighted by atomic mass is 10.2. The summed E-state index contributed by atoms with van der Waals surface area (Å²) in [4.78, 5) is 16.5. The van der Waals surface area contributed by atoms with Gasteiger partial charge >= 0.3 is 0 Å². The number of fused-ring (bicyclic) bond motifs is 1. The molecule has 0 aliphatic carbocycles. The summed E-state index contributed by atoms with van der Waals surface area (Å²) < 4.78 is 13.8. The number of aryl methyl sites for hydroxylation is 1. The second kappa shape index (κ2) is 4.43. The van der Waals surface area contributed by atoms with Gasteiger partial charge in [-0.2, -0.15) is 4.98 Å². The van der Waals surface area contributed by atoms with Crippen LogP contribution in [0.15, 0.2) is 24.3 Å². The molecule has 0 saturated carbocycles. The minimum Gasteiger partial charge on any atom is -0.288 e. The lowest BCUT2D eigenvalue weighted by Gasteiger charge is -1.95. The zero-order valence-electron chi connectivity index (χ0n) is 9.90. The van der Waals surface area contributed by atoms with E-state index in [1.165, 1.54) is 23.5 Å². The normalized spacial score (nSPS) is 10.8. The molecule has 3 aromatic rings. The van der Waals surface area contributed by atoms with Crippen molar-refractivity contribution in [3.8, 4) is 0 Å². The van der Waals surface area contributed by atoms with Crippen molar-refractivity contribution in [3.63, 3.8) is 0 Å². The maximum Gasteiger partial charge on any atom is 0.268 e. The second-order valence-electron chi connectivity index (χ2n) is 3.99. The number of rotatable bonds is 2. The monoisotopic (exact) mass is 276 g/mol. The number of benzene rings is 1. The van der Waals surface area contributed by atoms with Crippen molar-refractivity contribution in [2.45, 2.75) is 6.92 Å². The van der Waals surface area contributed by atoms with E-state index in [0.717, 1.165) is 10.1 Å². The minimum absolute atomic E-state index is 0.228. The number of carbonyl (C=O) groups is 1. The molecule has 0 aliphatic heterocycles. The van der Waals surface area contributed by atoms with E-state index >= 15 is 0 Å². The molecule has 0 radical (unpaired) electrons. The lowest BCUT2D eigenvalue weighted by molar-refractivity contribution is 0.103. The van der Waals surface area contributed by atoms with E-state index < -0.39 is 0 Å². The molecule has 0 saturated heterocycles. The molecule has 19 heavy (non-hydrogen) atoms. The first-order chi connectivity index (χ1) is 9.11. The number of nitrogens with zero attached hydrogens (tertiary/aromatic N) is 2. The molecule has 0 spiro atoms. The van der Waals surface area contributed by atoms with Gasteiger partial charge in [0.1, 0.15) is 11.6 Å². The molecule has 5 nitrogen and oxygen atoms in total. The van der Waals surface area contributed by atoms with Crippen LogP contribution in [0.3, 0.4) is 0 Å². The third kappa shape index (κ3) is 2.32. The minimum atomic E-state index is -0.314. The Kier molecular flexibility index (Phi) is 2.75. The van der Waals surface area contributed by atoms with Crippen LogP contribution >= 0.6 is 11.3 Å². The molecule has 0 unspecified atom stereocenters. The average Bonchev–Trinajstić information content (AvgIpc) is 2.95. The third-order valence-corrected chi connectivity index (χ3v) is 3.63. The summed E-state index contributed by atoms with van der Waals surface area (Å²) in [7, 11) is 0. The number of hydrogen-bond acceptors (Lipinski definition) is 4. The molecular formula is C12H9FN4OS. The Balaban J connectivity index is 1.89. The number of halogens is 1. The summed E-state index contributed by atoms with van der Waals surface area (Å²) in [5, 5.41) is 9.88. The predicted octanol–water partition coefficient (Wildman–Crippen LogP) is 2.72. The second-order valence-corrected chi connectivity index (χ2v) is 5.08. The Morgan fingerprint density at radius 2 is 2.26 bits per heavy atom. The topological polar surface area (TPSA) is 70.7 Å². The number of amides is 1. The standard InChI is InChI=1S/C12H9FN4OS/c1-6-14-12(17-16-6)15-11(18)10-4-7-2-3-8(13)5-9(7)19-10/h2-5H,1H3,(H2,14,15,16,17,18). The molecule has 2 aromatic heterocycles. The molecule has 0 bridgehead atoms. The van der Waals surface area contributed by atoms with Crippen molar-refractivity contribution in [2.24, 2.45) is 0 Å².